The molecule has 0 atom stereocenters. The number of halogens is 1. The molecule has 0 bridgehead atoms. The lowest BCUT2D eigenvalue weighted by atomic mass is 10.1. The quantitative estimate of drug-likeness (QED) is 0.806. The average Bonchev–Trinajstić information content (AvgIpc) is 2.88. The zero-order valence-electron chi connectivity index (χ0n) is 14.8. The Morgan fingerprint density at radius 1 is 1.15 bits per heavy atom. The molecule has 0 spiro atoms. The molecule has 1 heterocycles. The van der Waals surface area contributed by atoms with Crippen LogP contribution in [0.25, 0.3) is 6.08 Å². The SMILES string of the molecule is Cc1ccc(NC(=O)CN2C(=O)S/C(=C\c3ccccc3F)C2=O)cc1C. The van der Waals surface area contributed by atoms with Crippen LogP contribution in [0.4, 0.5) is 14.9 Å². The maximum absolute atomic E-state index is 13.7. The molecule has 0 aliphatic carbocycles. The van der Waals surface area contributed by atoms with E-state index in [1.165, 1.54) is 24.3 Å². The highest BCUT2D eigenvalue weighted by atomic mass is 32.2. The molecule has 1 fully saturated rings. The fourth-order valence-electron chi connectivity index (χ4n) is 2.53. The molecule has 0 unspecified atom stereocenters. The highest BCUT2D eigenvalue weighted by Crippen LogP contribution is 2.32. The van der Waals surface area contributed by atoms with Crippen molar-refractivity contribution in [2.75, 3.05) is 11.9 Å². The van der Waals surface area contributed by atoms with Crippen molar-refractivity contribution in [2.24, 2.45) is 0 Å². The lowest BCUT2D eigenvalue weighted by Gasteiger charge is -2.13. The summed E-state index contributed by atoms with van der Waals surface area (Å²) in [5.41, 5.74) is 2.92. The number of aryl methyl sites for hydroxylation is 2. The van der Waals surface area contributed by atoms with Gasteiger partial charge in [0.15, 0.2) is 0 Å². The standard InChI is InChI=1S/C20H17FN2O3S/c1-12-7-8-15(9-13(12)2)22-18(24)11-23-19(25)17(27-20(23)26)10-14-5-3-4-6-16(14)21/h3-10H,11H2,1-2H3,(H,22,24)/b17-10-. The Bertz CT molecular complexity index is 971. The molecule has 3 amide bonds. The molecular formula is C20H17FN2O3S. The molecule has 1 N–H and O–H groups in total. The van der Waals surface area contributed by atoms with E-state index >= 15 is 0 Å². The highest BCUT2D eigenvalue weighted by Gasteiger charge is 2.36. The lowest BCUT2D eigenvalue weighted by Crippen LogP contribution is -2.36. The normalized spacial score (nSPS) is 15.5. The number of carbonyl (C=O) groups is 3. The molecule has 5 nitrogen and oxygen atoms in total. The van der Waals surface area contributed by atoms with Crippen molar-refractivity contribution in [1.82, 2.24) is 4.90 Å². The zero-order valence-corrected chi connectivity index (χ0v) is 15.6. The number of amides is 3. The molecule has 0 saturated carbocycles. The Morgan fingerprint density at radius 3 is 2.59 bits per heavy atom. The Kier molecular flexibility index (Phi) is 5.41. The third kappa shape index (κ3) is 4.25. The highest BCUT2D eigenvalue weighted by molar-refractivity contribution is 8.18. The zero-order chi connectivity index (χ0) is 19.6. The van der Waals surface area contributed by atoms with Crippen LogP contribution in [0, 0.1) is 19.7 Å². The van der Waals surface area contributed by atoms with Crippen molar-refractivity contribution in [3.63, 3.8) is 0 Å². The third-order valence-electron chi connectivity index (χ3n) is 4.16. The van der Waals surface area contributed by atoms with Gasteiger partial charge in [-0.2, -0.15) is 0 Å². The molecule has 2 aromatic rings. The second-order valence-corrected chi connectivity index (χ2v) is 7.13. The van der Waals surface area contributed by atoms with Crippen LogP contribution in [0.2, 0.25) is 0 Å². The number of hydrogen-bond acceptors (Lipinski definition) is 4. The Balaban J connectivity index is 1.71. The molecular weight excluding hydrogens is 367 g/mol. The van der Waals surface area contributed by atoms with Crippen LogP contribution in [0.15, 0.2) is 47.4 Å². The van der Waals surface area contributed by atoms with Crippen LogP contribution in [0.3, 0.4) is 0 Å². The van der Waals surface area contributed by atoms with E-state index in [2.05, 4.69) is 5.32 Å². The Hall–Kier alpha value is -2.93. The summed E-state index contributed by atoms with van der Waals surface area (Å²) < 4.78 is 13.7. The van der Waals surface area contributed by atoms with Gasteiger partial charge in [0.2, 0.25) is 5.91 Å². The molecule has 138 valence electrons. The number of anilines is 1. The van der Waals surface area contributed by atoms with Gasteiger partial charge >= 0.3 is 0 Å². The molecule has 1 aliphatic rings. The summed E-state index contributed by atoms with van der Waals surface area (Å²) in [6.07, 6.45) is 1.32. The molecule has 27 heavy (non-hydrogen) atoms. The fourth-order valence-corrected chi connectivity index (χ4v) is 3.36. The third-order valence-corrected chi connectivity index (χ3v) is 5.07. The maximum atomic E-state index is 13.7. The predicted octanol–water partition coefficient (Wildman–Crippen LogP) is 4.12. The summed E-state index contributed by atoms with van der Waals surface area (Å²) in [6, 6.07) is 11.4. The minimum Gasteiger partial charge on any atom is -0.325 e. The van der Waals surface area contributed by atoms with Gasteiger partial charge in [-0.3, -0.25) is 19.3 Å². The van der Waals surface area contributed by atoms with E-state index in [-0.39, 0.29) is 10.5 Å². The molecule has 2 aromatic carbocycles. The van der Waals surface area contributed by atoms with E-state index in [0.29, 0.717) is 17.4 Å². The van der Waals surface area contributed by atoms with Gasteiger partial charge in [0.1, 0.15) is 12.4 Å². The smallest absolute Gasteiger partial charge is 0.294 e. The van der Waals surface area contributed by atoms with Gasteiger partial charge in [0.25, 0.3) is 11.1 Å². The van der Waals surface area contributed by atoms with E-state index in [1.54, 1.807) is 12.1 Å². The van der Waals surface area contributed by atoms with Crippen LogP contribution < -0.4 is 5.32 Å². The number of rotatable bonds is 4. The first-order valence-electron chi connectivity index (χ1n) is 8.22. The summed E-state index contributed by atoms with van der Waals surface area (Å²) in [5, 5.41) is 2.12. The van der Waals surface area contributed by atoms with E-state index in [1.807, 2.05) is 26.0 Å². The van der Waals surface area contributed by atoms with Gasteiger partial charge in [0.05, 0.1) is 4.91 Å². The molecule has 1 aliphatic heterocycles. The van der Waals surface area contributed by atoms with Gasteiger partial charge in [-0.25, -0.2) is 4.39 Å². The molecule has 0 aromatic heterocycles. The minimum atomic E-state index is -0.608. The van der Waals surface area contributed by atoms with Gasteiger partial charge < -0.3 is 5.32 Å². The van der Waals surface area contributed by atoms with Crippen molar-refractivity contribution in [3.8, 4) is 0 Å². The number of thioether (sulfide) groups is 1. The predicted molar refractivity (Wildman–Crippen MR) is 104 cm³/mol. The van der Waals surface area contributed by atoms with Gasteiger partial charge in [-0.1, -0.05) is 24.3 Å². The first-order chi connectivity index (χ1) is 12.8. The molecule has 1 saturated heterocycles. The molecule has 3 rings (SSSR count). The van der Waals surface area contributed by atoms with Crippen LogP contribution in [-0.2, 0) is 9.59 Å². The van der Waals surface area contributed by atoms with Gasteiger partial charge in [-0.15, -0.1) is 0 Å². The van der Waals surface area contributed by atoms with Crippen molar-refractivity contribution in [1.29, 1.82) is 0 Å². The van der Waals surface area contributed by atoms with Crippen LogP contribution in [0.5, 0.6) is 0 Å². The van der Waals surface area contributed by atoms with Crippen molar-refractivity contribution >= 4 is 40.6 Å². The average molecular weight is 384 g/mol. The van der Waals surface area contributed by atoms with Crippen molar-refractivity contribution in [2.45, 2.75) is 13.8 Å². The second kappa shape index (κ2) is 7.75. The minimum absolute atomic E-state index is 0.0871. The van der Waals surface area contributed by atoms with Gasteiger partial charge in [0, 0.05) is 11.3 Å². The Morgan fingerprint density at radius 2 is 1.89 bits per heavy atom. The molecule has 0 radical (unpaired) electrons. The summed E-state index contributed by atoms with van der Waals surface area (Å²) >= 11 is 0.690. The number of benzene rings is 2. The number of hydrogen-bond donors (Lipinski definition) is 1. The van der Waals surface area contributed by atoms with Crippen molar-refractivity contribution < 1.29 is 18.8 Å². The first kappa shape index (κ1) is 18.8. The van der Waals surface area contributed by atoms with E-state index in [4.69, 9.17) is 0 Å². The summed E-state index contributed by atoms with van der Waals surface area (Å²) in [5.74, 6) is -1.58. The number of nitrogens with zero attached hydrogens (tertiary/aromatic N) is 1. The van der Waals surface area contributed by atoms with Crippen LogP contribution in [0.1, 0.15) is 16.7 Å². The number of carbonyl (C=O) groups excluding carboxylic acids is 3. The fraction of sp³-hybridized carbons (Fsp3) is 0.150. The topological polar surface area (TPSA) is 66.5 Å². The Labute approximate surface area is 160 Å². The second-order valence-electron chi connectivity index (χ2n) is 6.14. The number of nitrogens with one attached hydrogen (secondary N) is 1. The van der Waals surface area contributed by atoms with Gasteiger partial charge in [-0.05, 0) is 61.0 Å². The maximum Gasteiger partial charge on any atom is 0.294 e. The summed E-state index contributed by atoms with van der Waals surface area (Å²) in [7, 11) is 0. The monoisotopic (exact) mass is 384 g/mol. The van der Waals surface area contributed by atoms with Crippen LogP contribution in [-0.4, -0.2) is 28.5 Å². The van der Waals surface area contributed by atoms with E-state index in [9.17, 15) is 18.8 Å². The van der Waals surface area contributed by atoms with Crippen LogP contribution >= 0.6 is 11.8 Å². The lowest BCUT2D eigenvalue weighted by molar-refractivity contribution is -0.127. The summed E-state index contributed by atoms with van der Waals surface area (Å²) in [6.45, 7) is 3.49. The van der Waals surface area contributed by atoms with E-state index in [0.717, 1.165) is 16.0 Å². The molecule has 7 heteroatoms. The first-order valence-corrected chi connectivity index (χ1v) is 9.04. The summed E-state index contributed by atoms with van der Waals surface area (Å²) in [4.78, 5) is 37.7. The van der Waals surface area contributed by atoms with E-state index < -0.39 is 29.4 Å². The number of imide groups is 1. The largest absolute Gasteiger partial charge is 0.325 e. The van der Waals surface area contributed by atoms with Crippen molar-refractivity contribution in [3.05, 3.63) is 69.9 Å².